The molecule has 0 unspecified atom stereocenters. The highest BCUT2D eigenvalue weighted by Gasteiger charge is 2.15. The van der Waals surface area contributed by atoms with Gasteiger partial charge in [0.15, 0.2) is 5.13 Å². The third-order valence-electron chi connectivity index (χ3n) is 3.98. The molecule has 0 fully saturated rings. The van der Waals surface area contributed by atoms with Crippen LogP contribution >= 0.6 is 11.3 Å². The first-order valence-electron chi connectivity index (χ1n) is 8.08. The second-order valence-corrected chi connectivity index (χ2v) is 6.91. The number of thiazole rings is 1. The van der Waals surface area contributed by atoms with E-state index >= 15 is 0 Å². The van der Waals surface area contributed by atoms with Gasteiger partial charge in [-0.3, -0.25) is 10.1 Å². The van der Waals surface area contributed by atoms with E-state index in [1.807, 2.05) is 0 Å². The number of anilines is 2. The topological polar surface area (TPSA) is 97.1 Å². The summed E-state index contributed by atoms with van der Waals surface area (Å²) >= 11 is 1.58. The van der Waals surface area contributed by atoms with Crippen molar-refractivity contribution in [3.8, 4) is 0 Å². The van der Waals surface area contributed by atoms with E-state index in [-0.39, 0.29) is 5.91 Å². The molecule has 7 heteroatoms. The number of hydrogen-bond donors (Lipinski definition) is 3. The molecule has 0 saturated heterocycles. The van der Waals surface area contributed by atoms with Gasteiger partial charge in [-0.25, -0.2) is 9.78 Å². The molecule has 3 amide bonds. The largest absolute Gasteiger partial charge is 0.351 e. The molecule has 4 N–H and O–H groups in total. The third-order valence-corrected chi connectivity index (χ3v) is 5.05. The van der Waals surface area contributed by atoms with Gasteiger partial charge in [0.25, 0.3) is 5.91 Å². The number of carbonyl (C=O) groups is 2. The Balaban J connectivity index is 1.68. The van der Waals surface area contributed by atoms with Gasteiger partial charge in [-0.2, -0.15) is 0 Å². The SMILES string of the molecule is NC(=O)Nc1ccc(C(=O)Nc2nc3c(s2)CCCCCC3)cc1. The minimum Gasteiger partial charge on any atom is -0.351 e. The molecule has 1 aliphatic carbocycles. The van der Waals surface area contributed by atoms with Gasteiger partial charge in [-0.1, -0.05) is 12.8 Å². The molecule has 0 saturated carbocycles. The van der Waals surface area contributed by atoms with Gasteiger partial charge in [0.1, 0.15) is 0 Å². The Kier molecular flexibility index (Phi) is 5.10. The van der Waals surface area contributed by atoms with Crippen molar-refractivity contribution in [1.82, 2.24) is 4.98 Å². The number of fused-ring (bicyclic) bond motifs is 1. The van der Waals surface area contributed by atoms with E-state index in [2.05, 4.69) is 15.6 Å². The maximum atomic E-state index is 12.3. The van der Waals surface area contributed by atoms with Crippen molar-refractivity contribution in [3.63, 3.8) is 0 Å². The van der Waals surface area contributed by atoms with Crippen LogP contribution in [-0.4, -0.2) is 16.9 Å². The number of benzene rings is 1. The first-order valence-corrected chi connectivity index (χ1v) is 8.90. The zero-order valence-electron chi connectivity index (χ0n) is 13.3. The van der Waals surface area contributed by atoms with E-state index in [1.165, 1.54) is 30.6 Å². The van der Waals surface area contributed by atoms with Crippen molar-refractivity contribution in [1.29, 1.82) is 0 Å². The molecule has 0 spiro atoms. The Morgan fingerprint density at radius 1 is 1.00 bits per heavy atom. The molecule has 0 atom stereocenters. The van der Waals surface area contributed by atoms with E-state index in [0.29, 0.717) is 16.4 Å². The van der Waals surface area contributed by atoms with Crippen LogP contribution < -0.4 is 16.4 Å². The minimum absolute atomic E-state index is 0.206. The molecule has 1 heterocycles. The maximum absolute atomic E-state index is 12.3. The van der Waals surface area contributed by atoms with Crippen molar-refractivity contribution in [2.75, 3.05) is 10.6 Å². The molecule has 24 heavy (non-hydrogen) atoms. The summed E-state index contributed by atoms with van der Waals surface area (Å²) in [5.74, 6) is -0.206. The molecule has 0 aliphatic heterocycles. The number of nitrogens with zero attached hydrogens (tertiary/aromatic N) is 1. The van der Waals surface area contributed by atoms with Crippen molar-refractivity contribution in [2.45, 2.75) is 38.5 Å². The summed E-state index contributed by atoms with van der Waals surface area (Å²) in [6, 6.07) is 5.93. The smallest absolute Gasteiger partial charge is 0.316 e. The normalized spacial score (nSPS) is 14.2. The Labute approximate surface area is 144 Å². The molecule has 6 nitrogen and oxygen atoms in total. The van der Waals surface area contributed by atoms with E-state index in [4.69, 9.17) is 5.73 Å². The average molecular weight is 344 g/mol. The molecule has 1 aliphatic rings. The summed E-state index contributed by atoms with van der Waals surface area (Å²) < 4.78 is 0. The standard InChI is InChI=1S/C17H20N4O2S/c18-16(23)19-12-9-7-11(8-10-12)15(22)21-17-20-13-5-3-1-2-4-6-14(13)24-17/h7-10H,1-6H2,(H3,18,19,23)(H,20,21,22). The summed E-state index contributed by atoms with van der Waals surface area (Å²) in [6.45, 7) is 0. The number of urea groups is 1. The van der Waals surface area contributed by atoms with Crippen LogP contribution in [0.25, 0.3) is 0 Å². The number of nitrogens with two attached hydrogens (primary N) is 1. The fraction of sp³-hybridized carbons (Fsp3) is 0.353. The molecular formula is C17H20N4O2S. The Hall–Kier alpha value is -2.41. The fourth-order valence-electron chi connectivity index (χ4n) is 2.78. The Bertz CT molecular complexity index is 714. The number of aromatic nitrogens is 1. The monoisotopic (exact) mass is 344 g/mol. The first kappa shape index (κ1) is 16.4. The Morgan fingerprint density at radius 3 is 2.42 bits per heavy atom. The van der Waals surface area contributed by atoms with Crippen LogP contribution in [0.5, 0.6) is 0 Å². The second-order valence-electron chi connectivity index (χ2n) is 5.82. The minimum atomic E-state index is -0.632. The number of nitrogens with one attached hydrogen (secondary N) is 2. The second kappa shape index (κ2) is 7.44. The number of aryl methyl sites for hydroxylation is 2. The summed E-state index contributed by atoms with van der Waals surface area (Å²) in [6.07, 6.45) is 6.93. The number of hydrogen-bond acceptors (Lipinski definition) is 4. The van der Waals surface area contributed by atoms with Crippen LogP contribution in [0.15, 0.2) is 24.3 Å². The van der Waals surface area contributed by atoms with Crippen molar-refractivity contribution < 1.29 is 9.59 Å². The zero-order valence-corrected chi connectivity index (χ0v) is 14.1. The third kappa shape index (κ3) is 4.11. The van der Waals surface area contributed by atoms with Crippen LogP contribution in [0.1, 0.15) is 46.6 Å². The molecule has 1 aromatic carbocycles. The van der Waals surface area contributed by atoms with E-state index in [9.17, 15) is 9.59 Å². The van der Waals surface area contributed by atoms with Crippen molar-refractivity contribution in [2.24, 2.45) is 5.73 Å². The highest BCUT2D eigenvalue weighted by atomic mass is 32.1. The maximum Gasteiger partial charge on any atom is 0.316 e. The Morgan fingerprint density at radius 2 is 1.71 bits per heavy atom. The number of rotatable bonds is 3. The summed E-state index contributed by atoms with van der Waals surface area (Å²) in [5, 5.41) is 5.99. The summed E-state index contributed by atoms with van der Waals surface area (Å²) in [7, 11) is 0. The van der Waals surface area contributed by atoms with Gasteiger partial charge in [-0.05, 0) is 49.9 Å². The average Bonchev–Trinajstić information content (AvgIpc) is 2.88. The first-order chi connectivity index (χ1) is 11.6. The van der Waals surface area contributed by atoms with Gasteiger partial charge < -0.3 is 11.1 Å². The number of amides is 3. The highest BCUT2D eigenvalue weighted by molar-refractivity contribution is 7.15. The van der Waals surface area contributed by atoms with Crippen LogP contribution in [-0.2, 0) is 12.8 Å². The molecule has 126 valence electrons. The van der Waals surface area contributed by atoms with Crippen LogP contribution in [0.2, 0.25) is 0 Å². The zero-order chi connectivity index (χ0) is 16.9. The number of primary amides is 1. The van der Waals surface area contributed by atoms with Gasteiger partial charge in [-0.15, -0.1) is 11.3 Å². The van der Waals surface area contributed by atoms with E-state index < -0.39 is 6.03 Å². The lowest BCUT2D eigenvalue weighted by Gasteiger charge is -2.06. The van der Waals surface area contributed by atoms with Gasteiger partial charge in [0.05, 0.1) is 5.69 Å². The highest BCUT2D eigenvalue weighted by Crippen LogP contribution is 2.28. The molecular weight excluding hydrogens is 324 g/mol. The van der Waals surface area contributed by atoms with Crippen LogP contribution in [0.4, 0.5) is 15.6 Å². The molecule has 1 aromatic heterocycles. The fourth-order valence-corrected chi connectivity index (χ4v) is 3.82. The van der Waals surface area contributed by atoms with Crippen LogP contribution in [0.3, 0.4) is 0 Å². The lowest BCUT2D eigenvalue weighted by molar-refractivity contribution is 0.102. The molecule has 3 rings (SSSR count). The van der Waals surface area contributed by atoms with Crippen LogP contribution in [0, 0.1) is 0 Å². The van der Waals surface area contributed by atoms with Crippen molar-refractivity contribution >= 4 is 34.1 Å². The van der Waals surface area contributed by atoms with E-state index in [0.717, 1.165) is 18.5 Å². The molecule has 0 radical (unpaired) electrons. The van der Waals surface area contributed by atoms with E-state index in [1.54, 1.807) is 35.6 Å². The number of carbonyl (C=O) groups excluding carboxylic acids is 2. The summed E-state index contributed by atoms with van der Waals surface area (Å²) in [4.78, 5) is 29.0. The lowest BCUT2D eigenvalue weighted by atomic mass is 10.0. The summed E-state index contributed by atoms with van der Waals surface area (Å²) in [5.41, 5.74) is 7.25. The molecule has 2 aromatic rings. The molecule has 0 bridgehead atoms. The lowest BCUT2D eigenvalue weighted by Crippen LogP contribution is -2.19. The van der Waals surface area contributed by atoms with Gasteiger partial charge in [0, 0.05) is 16.1 Å². The quantitative estimate of drug-likeness (QED) is 0.794. The predicted octanol–water partition coefficient (Wildman–Crippen LogP) is 3.55. The van der Waals surface area contributed by atoms with Gasteiger partial charge in [0.2, 0.25) is 0 Å². The predicted molar refractivity (Wildman–Crippen MR) is 95.6 cm³/mol. The van der Waals surface area contributed by atoms with Gasteiger partial charge >= 0.3 is 6.03 Å². The van der Waals surface area contributed by atoms with Crippen molar-refractivity contribution in [3.05, 3.63) is 40.4 Å².